The summed E-state index contributed by atoms with van der Waals surface area (Å²) < 4.78 is 19.2. The minimum atomic E-state index is -0.283. The van der Waals surface area contributed by atoms with E-state index in [1.807, 2.05) is 11.4 Å². The summed E-state index contributed by atoms with van der Waals surface area (Å²) in [6.07, 6.45) is 4.53. The van der Waals surface area contributed by atoms with Crippen LogP contribution >= 0.6 is 11.3 Å². The topological polar surface area (TPSA) is 9.23 Å². The van der Waals surface area contributed by atoms with Crippen molar-refractivity contribution in [2.24, 2.45) is 0 Å². The lowest BCUT2D eigenvalue weighted by Crippen LogP contribution is -1.99. The Kier molecular flexibility index (Phi) is 5.40. The fraction of sp³-hybridized carbons (Fsp3) is 0.375. The van der Waals surface area contributed by atoms with E-state index in [2.05, 4.69) is 12.3 Å². The van der Waals surface area contributed by atoms with Gasteiger partial charge in [0, 0.05) is 0 Å². The maximum atomic E-state index is 13.7. The van der Waals surface area contributed by atoms with E-state index in [0.717, 1.165) is 24.0 Å². The Balaban J connectivity index is 1.98. The fourth-order valence-corrected chi connectivity index (χ4v) is 2.60. The predicted molar refractivity (Wildman–Crippen MR) is 79.4 cm³/mol. The first-order valence-electron chi connectivity index (χ1n) is 6.76. The largest absolute Gasteiger partial charge is 0.490 e. The number of halogens is 1. The van der Waals surface area contributed by atoms with Crippen molar-refractivity contribution in [2.45, 2.75) is 32.6 Å². The first kappa shape index (κ1) is 14.1. The van der Waals surface area contributed by atoms with E-state index in [4.69, 9.17) is 4.74 Å². The second-order valence-corrected chi connectivity index (χ2v) is 5.35. The number of hydrogen-bond donors (Lipinski definition) is 0. The Labute approximate surface area is 118 Å². The van der Waals surface area contributed by atoms with Gasteiger partial charge >= 0.3 is 0 Å². The van der Waals surface area contributed by atoms with Crippen LogP contribution in [0, 0.1) is 5.82 Å². The molecule has 0 fully saturated rings. The smallest absolute Gasteiger partial charge is 0.165 e. The molecule has 3 heteroatoms. The molecule has 0 aliphatic carbocycles. The average molecular weight is 278 g/mol. The molecule has 102 valence electrons. The van der Waals surface area contributed by atoms with Gasteiger partial charge in [-0.2, -0.15) is 11.3 Å². The molecular formula is C16H19FOS. The molecule has 0 N–H and O–H groups in total. The Morgan fingerprint density at radius 3 is 2.74 bits per heavy atom. The van der Waals surface area contributed by atoms with Gasteiger partial charge in [0.15, 0.2) is 11.6 Å². The maximum absolute atomic E-state index is 13.7. The van der Waals surface area contributed by atoms with Crippen LogP contribution in [0.15, 0.2) is 35.0 Å². The van der Waals surface area contributed by atoms with Crippen molar-refractivity contribution in [1.82, 2.24) is 0 Å². The Hall–Kier alpha value is -1.35. The van der Waals surface area contributed by atoms with E-state index in [0.29, 0.717) is 12.4 Å². The normalized spacial score (nSPS) is 10.6. The van der Waals surface area contributed by atoms with Crippen LogP contribution in [0.3, 0.4) is 0 Å². The van der Waals surface area contributed by atoms with Gasteiger partial charge in [0.05, 0.1) is 6.61 Å². The zero-order valence-corrected chi connectivity index (χ0v) is 12.0. The third-order valence-electron chi connectivity index (χ3n) is 3.04. The van der Waals surface area contributed by atoms with Crippen molar-refractivity contribution in [3.8, 4) is 16.9 Å². The molecule has 1 heterocycles. The third kappa shape index (κ3) is 4.06. The van der Waals surface area contributed by atoms with Gasteiger partial charge in [0.25, 0.3) is 0 Å². The van der Waals surface area contributed by atoms with E-state index < -0.39 is 0 Å². The van der Waals surface area contributed by atoms with Crippen molar-refractivity contribution in [3.63, 3.8) is 0 Å². The molecule has 0 aliphatic rings. The summed E-state index contributed by atoms with van der Waals surface area (Å²) in [5.74, 6) is 0.0784. The summed E-state index contributed by atoms with van der Waals surface area (Å²) >= 11 is 1.64. The average Bonchev–Trinajstić information content (AvgIpc) is 2.94. The number of unbranched alkanes of at least 4 members (excludes halogenated alkanes) is 3. The highest BCUT2D eigenvalue weighted by molar-refractivity contribution is 7.08. The molecule has 1 aromatic carbocycles. The standard InChI is InChI=1S/C16H19FOS/c1-2-3-4-5-9-18-16-11-13(6-7-15(16)17)14-8-10-19-12-14/h6-8,10-12H,2-5,9H2,1H3. The quantitative estimate of drug-likeness (QED) is 0.606. The van der Waals surface area contributed by atoms with Gasteiger partial charge in [-0.05, 0) is 46.5 Å². The van der Waals surface area contributed by atoms with Gasteiger partial charge in [0.1, 0.15) is 0 Å². The van der Waals surface area contributed by atoms with Crippen LogP contribution in [0.25, 0.3) is 11.1 Å². The molecule has 0 spiro atoms. The first-order valence-corrected chi connectivity index (χ1v) is 7.70. The van der Waals surface area contributed by atoms with Gasteiger partial charge in [0.2, 0.25) is 0 Å². The second kappa shape index (κ2) is 7.29. The lowest BCUT2D eigenvalue weighted by atomic mass is 10.1. The molecule has 0 unspecified atom stereocenters. The van der Waals surface area contributed by atoms with E-state index in [-0.39, 0.29) is 5.82 Å². The minimum Gasteiger partial charge on any atom is -0.490 e. The number of hydrogen-bond acceptors (Lipinski definition) is 2. The van der Waals surface area contributed by atoms with Crippen molar-refractivity contribution in [2.75, 3.05) is 6.61 Å². The van der Waals surface area contributed by atoms with Crippen LogP contribution in [-0.2, 0) is 0 Å². The van der Waals surface area contributed by atoms with Gasteiger partial charge in [-0.25, -0.2) is 4.39 Å². The molecule has 0 amide bonds. The summed E-state index contributed by atoms with van der Waals surface area (Å²) in [5, 5.41) is 4.07. The summed E-state index contributed by atoms with van der Waals surface area (Å²) in [5.41, 5.74) is 2.12. The minimum absolute atomic E-state index is 0.283. The molecule has 0 aliphatic heterocycles. The van der Waals surface area contributed by atoms with Crippen LogP contribution in [0.1, 0.15) is 32.6 Å². The highest BCUT2D eigenvalue weighted by Crippen LogP contribution is 2.28. The molecule has 0 atom stereocenters. The molecule has 2 rings (SSSR count). The number of ether oxygens (including phenoxy) is 1. The highest BCUT2D eigenvalue weighted by Gasteiger charge is 2.06. The van der Waals surface area contributed by atoms with E-state index in [1.165, 1.54) is 18.9 Å². The summed E-state index contributed by atoms with van der Waals surface area (Å²) in [4.78, 5) is 0. The Morgan fingerprint density at radius 1 is 1.11 bits per heavy atom. The molecule has 0 bridgehead atoms. The lowest BCUT2D eigenvalue weighted by molar-refractivity contribution is 0.290. The fourth-order valence-electron chi connectivity index (χ4n) is 1.93. The van der Waals surface area contributed by atoms with Crippen LogP contribution in [-0.4, -0.2) is 6.61 Å². The molecule has 0 saturated carbocycles. The van der Waals surface area contributed by atoms with E-state index in [9.17, 15) is 4.39 Å². The zero-order chi connectivity index (χ0) is 13.5. The molecule has 2 aromatic rings. The second-order valence-electron chi connectivity index (χ2n) is 4.57. The maximum Gasteiger partial charge on any atom is 0.165 e. The molecular weight excluding hydrogens is 259 g/mol. The Bertz CT molecular complexity index is 493. The summed E-state index contributed by atoms with van der Waals surface area (Å²) in [6, 6.07) is 7.09. The molecule has 1 nitrogen and oxygen atoms in total. The van der Waals surface area contributed by atoms with Crippen LogP contribution in [0.5, 0.6) is 5.75 Å². The summed E-state index contributed by atoms with van der Waals surface area (Å²) in [6.45, 7) is 2.76. The van der Waals surface area contributed by atoms with Crippen LogP contribution in [0.2, 0.25) is 0 Å². The summed E-state index contributed by atoms with van der Waals surface area (Å²) in [7, 11) is 0. The molecule has 1 aromatic heterocycles. The van der Waals surface area contributed by atoms with Crippen LogP contribution < -0.4 is 4.74 Å². The number of benzene rings is 1. The van der Waals surface area contributed by atoms with Crippen molar-refractivity contribution in [1.29, 1.82) is 0 Å². The molecule has 0 saturated heterocycles. The third-order valence-corrected chi connectivity index (χ3v) is 3.72. The van der Waals surface area contributed by atoms with Crippen molar-refractivity contribution in [3.05, 3.63) is 40.8 Å². The Morgan fingerprint density at radius 2 is 2.00 bits per heavy atom. The highest BCUT2D eigenvalue weighted by atomic mass is 32.1. The van der Waals surface area contributed by atoms with E-state index >= 15 is 0 Å². The van der Waals surface area contributed by atoms with Crippen molar-refractivity contribution < 1.29 is 9.13 Å². The predicted octanol–water partition coefficient (Wildman–Crippen LogP) is 5.51. The van der Waals surface area contributed by atoms with Crippen LogP contribution in [0.4, 0.5) is 4.39 Å². The number of rotatable bonds is 7. The first-order chi connectivity index (χ1) is 9.31. The van der Waals surface area contributed by atoms with Gasteiger partial charge in [-0.15, -0.1) is 0 Å². The van der Waals surface area contributed by atoms with Gasteiger partial charge in [-0.1, -0.05) is 32.3 Å². The molecule has 0 radical (unpaired) electrons. The lowest BCUT2D eigenvalue weighted by Gasteiger charge is -2.08. The zero-order valence-electron chi connectivity index (χ0n) is 11.2. The van der Waals surface area contributed by atoms with Gasteiger partial charge < -0.3 is 4.74 Å². The van der Waals surface area contributed by atoms with Gasteiger partial charge in [-0.3, -0.25) is 0 Å². The molecule has 19 heavy (non-hydrogen) atoms. The monoisotopic (exact) mass is 278 g/mol. The SMILES string of the molecule is CCCCCCOc1cc(-c2ccsc2)ccc1F. The van der Waals surface area contributed by atoms with Crippen molar-refractivity contribution >= 4 is 11.3 Å². The van der Waals surface area contributed by atoms with E-state index in [1.54, 1.807) is 23.5 Å². The number of thiophene rings is 1.